The molecule has 0 atom stereocenters. The number of amides is 1. The number of hydrogen-bond acceptors (Lipinski definition) is 6. The average molecular weight is 509 g/mol. The van der Waals surface area contributed by atoms with Crippen LogP contribution in [0.5, 0.6) is 0 Å². The van der Waals surface area contributed by atoms with Crippen LogP contribution in [0.3, 0.4) is 0 Å². The molecule has 0 unspecified atom stereocenters. The van der Waals surface area contributed by atoms with Crippen LogP contribution < -0.4 is 15.6 Å². The molecule has 3 aromatic heterocycles. The summed E-state index contributed by atoms with van der Waals surface area (Å²) < 4.78 is 9.19. The van der Waals surface area contributed by atoms with E-state index in [1.165, 1.54) is 0 Å². The second-order valence-electron chi connectivity index (χ2n) is 9.50. The largest absolute Gasteiger partial charge is 0.379 e. The highest BCUT2D eigenvalue weighted by atomic mass is 35.5. The number of aryl methyl sites for hydroxylation is 1. The third kappa shape index (κ3) is 3.91. The highest BCUT2D eigenvalue weighted by molar-refractivity contribution is 6.31. The molecule has 1 aromatic carbocycles. The van der Waals surface area contributed by atoms with Gasteiger partial charge in [-0.3, -0.25) is 18.9 Å². The molecule has 0 bridgehead atoms. The second-order valence-corrected chi connectivity index (χ2v) is 9.94. The zero-order chi connectivity index (χ0) is 24.8. The van der Waals surface area contributed by atoms with Crippen LogP contribution in [0, 0.1) is 0 Å². The number of aromatic nitrogens is 3. The van der Waals surface area contributed by atoms with E-state index < -0.39 is 0 Å². The molecule has 0 spiro atoms. The van der Waals surface area contributed by atoms with Gasteiger partial charge < -0.3 is 19.5 Å². The van der Waals surface area contributed by atoms with Crippen molar-refractivity contribution in [1.29, 1.82) is 0 Å². The highest BCUT2D eigenvalue weighted by Gasteiger charge is 2.25. The van der Waals surface area contributed by atoms with Gasteiger partial charge in [0.1, 0.15) is 17.0 Å². The van der Waals surface area contributed by atoms with Crippen molar-refractivity contribution in [2.24, 2.45) is 7.05 Å². The third-order valence-corrected chi connectivity index (χ3v) is 7.55. The van der Waals surface area contributed by atoms with E-state index in [-0.39, 0.29) is 16.9 Å². The van der Waals surface area contributed by atoms with Crippen molar-refractivity contribution in [2.45, 2.75) is 12.8 Å². The molecule has 2 aliphatic rings. The van der Waals surface area contributed by atoms with Gasteiger partial charge in [-0.15, -0.1) is 0 Å². The molecule has 0 saturated carbocycles. The number of nitrogens with one attached hydrogen (secondary N) is 1. The van der Waals surface area contributed by atoms with E-state index in [4.69, 9.17) is 21.3 Å². The number of carbonyl (C=O) groups excluding carboxylic acids is 1. The van der Waals surface area contributed by atoms with Gasteiger partial charge in [0.15, 0.2) is 5.65 Å². The van der Waals surface area contributed by atoms with Gasteiger partial charge >= 0.3 is 0 Å². The van der Waals surface area contributed by atoms with E-state index in [1.54, 1.807) is 0 Å². The van der Waals surface area contributed by atoms with E-state index in [1.807, 2.05) is 46.3 Å². The number of imidazole rings is 1. The zero-order valence-electron chi connectivity index (χ0n) is 20.3. The first-order chi connectivity index (χ1) is 17.5. The molecule has 0 aliphatic carbocycles. The molecule has 1 amide bonds. The SMILES string of the molecule is Cn1c2cc(Cl)ccc2n2c3nc(N4CCCC4)ccc3c(=O)c(C(=O)NCCN3CCOCC3)c12. The lowest BCUT2D eigenvalue weighted by Crippen LogP contribution is -2.42. The van der Waals surface area contributed by atoms with Crippen molar-refractivity contribution in [3.05, 3.63) is 51.1 Å². The Morgan fingerprint density at radius 1 is 1.08 bits per heavy atom. The van der Waals surface area contributed by atoms with Gasteiger partial charge in [-0.05, 0) is 43.2 Å². The molecule has 5 heterocycles. The number of halogens is 1. The molecule has 188 valence electrons. The molecule has 36 heavy (non-hydrogen) atoms. The van der Waals surface area contributed by atoms with E-state index in [9.17, 15) is 9.59 Å². The first-order valence-electron chi connectivity index (χ1n) is 12.5. The Morgan fingerprint density at radius 2 is 1.86 bits per heavy atom. The minimum atomic E-state index is -0.381. The number of benzene rings is 1. The number of rotatable bonds is 5. The lowest BCUT2D eigenvalue weighted by Gasteiger charge is -2.26. The zero-order valence-corrected chi connectivity index (χ0v) is 21.1. The molecule has 2 saturated heterocycles. The van der Waals surface area contributed by atoms with Gasteiger partial charge in [0.05, 0.1) is 29.6 Å². The molecule has 4 aromatic rings. The van der Waals surface area contributed by atoms with Crippen molar-refractivity contribution in [3.63, 3.8) is 0 Å². The minimum Gasteiger partial charge on any atom is -0.379 e. The van der Waals surface area contributed by atoms with Crippen LogP contribution in [0.4, 0.5) is 5.82 Å². The number of pyridine rings is 2. The second kappa shape index (κ2) is 9.38. The topological polar surface area (TPSA) is 84.1 Å². The molecule has 10 heteroatoms. The van der Waals surface area contributed by atoms with E-state index >= 15 is 0 Å². The van der Waals surface area contributed by atoms with E-state index in [0.29, 0.717) is 48.0 Å². The first kappa shape index (κ1) is 23.3. The van der Waals surface area contributed by atoms with Crippen molar-refractivity contribution >= 4 is 51.0 Å². The fourth-order valence-corrected chi connectivity index (χ4v) is 5.58. The maximum absolute atomic E-state index is 13.8. The van der Waals surface area contributed by atoms with Crippen molar-refractivity contribution in [1.82, 2.24) is 24.2 Å². The van der Waals surface area contributed by atoms with Crippen LogP contribution in [-0.2, 0) is 11.8 Å². The Kier molecular flexibility index (Phi) is 6.07. The van der Waals surface area contributed by atoms with Crippen LogP contribution in [0.25, 0.3) is 27.7 Å². The van der Waals surface area contributed by atoms with Crippen LogP contribution in [-0.4, -0.2) is 77.2 Å². The maximum Gasteiger partial charge on any atom is 0.259 e. The fraction of sp³-hybridized carbons (Fsp3) is 0.423. The Labute approximate surface area is 213 Å². The lowest BCUT2D eigenvalue weighted by molar-refractivity contribution is 0.0383. The average Bonchev–Trinajstić information content (AvgIpc) is 3.52. The summed E-state index contributed by atoms with van der Waals surface area (Å²) in [6, 6.07) is 9.29. The standard InChI is InChI=1S/C26H29ClN6O3/c1-30-20-16-17(27)4-6-19(20)33-24-18(5-7-21(29-24)32-9-2-3-10-32)23(34)22(26(30)33)25(35)28-8-11-31-12-14-36-15-13-31/h4-7,16H,2-3,8-15H2,1H3,(H,28,35). The summed E-state index contributed by atoms with van der Waals surface area (Å²) in [6.45, 7) is 6.14. The number of hydrogen-bond donors (Lipinski definition) is 1. The monoisotopic (exact) mass is 508 g/mol. The third-order valence-electron chi connectivity index (χ3n) is 7.31. The number of anilines is 1. The molecule has 9 nitrogen and oxygen atoms in total. The molecular weight excluding hydrogens is 480 g/mol. The number of fused-ring (bicyclic) bond motifs is 5. The Bertz CT molecular complexity index is 1530. The molecule has 0 radical (unpaired) electrons. The van der Waals surface area contributed by atoms with Crippen LogP contribution >= 0.6 is 11.6 Å². The summed E-state index contributed by atoms with van der Waals surface area (Å²) in [4.78, 5) is 36.7. The van der Waals surface area contributed by atoms with Gasteiger partial charge in [0.25, 0.3) is 5.91 Å². The van der Waals surface area contributed by atoms with Crippen LogP contribution in [0.15, 0.2) is 35.1 Å². The summed E-state index contributed by atoms with van der Waals surface area (Å²) in [6.07, 6.45) is 2.26. The number of nitrogens with zero attached hydrogens (tertiary/aromatic N) is 5. The quantitative estimate of drug-likeness (QED) is 0.446. The Morgan fingerprint density at radius 3 is 2.64 bits per heavy atom. The van der Waals surface area contributed by atoms with Crippen LogP contribution in [0.2, 0.25) is 5.02 Å². The molecule has 1 N–H and O–H groups in total. The van der Waals surface area contributed by atoms with E-state index in [2.05, 4.69) is 15.1 Å². The molecule has 6 rings (SSSR count). The van der Waals surface area contributed by atoms with Crippen LogP contribution in [0.1, 0.15) is 23.2 Å². The van der Waals surface area contributed by atoms with Gasteiger partial charge in [-0.1, -0.05) is 11.6 Å². The van der Waals surface area contributed by atoms with E-state index in [0.717, 1.165) is 55.9 Å². The highest BCUT2D eigenvalue weighted by Crippen LogP contribution is 2.29. The summed E-state index contributed by atoms with van der Waals surface area (Å²) in [5.74, 6) is 0.468. The summed E-state index contributed by atoms with van der Waals surface area (Å²) in [5.41, 5.74) is 2.54. The van der Waals surface area contributed by atoms with Gasteiger partial charge in [0.2, 0.25) is 5.43 Å². The van der Waals surface area contributed by atoms with Crippen molar-refractivity contribution in [3.8, 4) is 0 Å². The molecule has 2 fully saturated rings. The van der Waals surface area contributed by atoms with Gasteiger partial charge in [-0.25, -0.2) is 4.98 Å². The van der Waals surface area contributed by atoms with Crippen molar-refractivity contribution in [2.75, 3.05) is 57.4 Å². The minimum absolute atomic E-state index is 0.120. The van der Waals surface area contributed by atoms with Gasteiger partial charge in [-0.2, -0.15) is 0 Å². The fourth-order valence-electron chi connectivity index (χ4n) is 5.42. The first-order valence-corrected chi connectivity index (χ1v) is 12.9. The predicted molar refractivity (Wildman–Crippen MR) is 141 cm³/mol. The summed E-state index contributed by atoms with van der Waals surface area (Å²) >= 11 is 6.32. The number of ether oxygens (including phenoxy) is 1. The molecule has 2 aliphatic heterocycles. The number of morpholine rings is 1. The van der Waals surface area contributed by atoms with Gasteiger partial charge in [0, 0.05) is 51.3 Å². The number of carbonyl (C=O) groups is 1. The smallest absolute Gasteiger partial charge is 0.259 e. The predicted octanol–water partition coefficient (Wildman–Crippen LogP) is 2.66. The lowest BCUT2D eigenvalue weighted by atomic mass is 10.1. The van der Waals surface area contributed by atoms with Crippen molar-refractivity contribution < 1.29 is 9.53 Å². The normalized spacial score (nSPS) is 17.0. The summed E-state index contributed by atoms with van der Waals surface area (Å²) in [7, 11) is 1.86. The Hall–Kier alpha value is -3.14. The Balaban J connectivity index is 1.50. The molecular formula is C26H29ClN6O3. The summed E-state index contributed by atoms with van der Waals surface area (Å²) in [5, 5.41) is 3.99. The maximum atomic E-state index is 13.8.